The number of alkyl carbamates (subject to hydrolysis) is 1. The first kappa shape index (κ1) is 19.9. The number of cyclic esters (lactones) is 1. The first-order valence-electron chi connectivity index (χ1n) is 8.66. The van der Waals surface area contributed by atoms with Gasteiger partial charge < -0.3 is 19.8 Å². The average molecular weight is 406 g/mol. The monoisotopic (exact) mass is 405 g/mol. The third kappa shape index (κ3) is 4.89. The Morgan fingerprint density at radius 3 is 2.79 bits per heavy atom. The Morgan fingerprint density at radius 2 is 2.07 bits per heavy atom. The lowest BCUT2D eigenvalue weighted by atomic mass is 10.1. The van der Waals surface area contributed by atoms with Crippen molar-refractivity contribution in [2.24, 2.45) is 4.99 Å². The molecule has 28 heavy (non-hydrogen) atoms. The fraction of sp³-hybridized carbons (Fsp3) is 0.368. The number of nitrogens with one attached hydrogen (secondary N) is 2. The number of aromatic nitrogens is 1. The van der Waals surface area contributed by atoms with E-state index >= 15 is 0 Å². The van der Waals surface area contributed by atoms with Crippen LogP contribution in [0.2, 0.25) is 5.02 Å². The van der Waals surface area contributed by atoms with Crippen molar-refractivity contribution in [2.45, 2.75) is 38.8 Å². The highest BCUT2D eigenvalue weighted by molar-refractivity contribution is 6.31. The number of amides is 2. The summed E-state index contributed by atoms with van der Waals surface area (Å²) < 4.78 is 10.2. The summed E-state index contributed by atoms with van der Waals surface area (Å²) in [4.78, 5) is 43.3. The zero-order valence-electron chi connectivity index (χ0n) is 15.7. The Bertz CT molecular complexity index is 974. The zero-order chi connectivity index (χ0) is 20.5. The molecule has 2 N–H and O–H groups in total. The van der Waals surface area contributed by atoms with Crippen LogP contribution in [0.25, 0.3) is 10.9 Å². The summed E-state index contributed by atoms with van der Waals surface area (Å²) in [5.74, 6) is -1.08. The van der Waals surface area contributed by atoms with Gasteiger partial charge in [0.05, 0.1) is 12.1 Å². The minimum Gasteiger partial charge on any atom is -0.463 e. The van der Waals surface area contributed by atoms with Crippen LogP contribution in [-0.4, -0.2) is 46.9 Å². The van der Waals surface area contributed by atoms with E-state index in [4.69, 9.17) is 21.1 Å². The van der Waals surface area contributed by atoms with Crippen molar-refractivity contribution >= 4 is 46.2 Å². The third-order valence-corrected chi connectivity index (χ3v) is 4.12. The molecular formula is C19H20ClN3O5. The van der Waals surface area contributed by atoms with Crippen molar-refractivity contribution in [1.29, 1.82) is 0 Å². The first-order valence-corrected chi connectivity index (χ1v) is 9.04. The largest absolute Gasteiger partial charge is 0.463 e. The molecule has 0 spiro atoms. The van der Waals surface area contributed by atoms with E-state index < -0.39 is 29.6 Å². The second kappa shape index (κ2) is 7.63. The van der Waals surface area contributed by atoms with E-state index in [1.165, 1.54) is 0 Å². The third-order valence-electron chi connectivity index (χ3n) is 3.89. The summed E-state index contributed by atoms with van der Waals surface area (Å²) in [5, 5.41) is 3.90. The normalized spacial score (nSPS) is 18.8. The van der Waals surface area contributed by atoms with Crippen LogP contribution in [0.1, 0.15) is 37.7 Å². The molecule has 2 aromatic rings. The lowest BCUT2D eigenvalue weighted by Gasteiger charge is -2.26. The van der Waals surface area contributed by atoms with E-state index in [1.807, 2.05) is 0 Å². The van der Waals surface area contributed by atoms with Gasteiger partial charge >= 0.3 is 12.1 Å². The summed E-state index contributed by atoms with van der Waals surface area (Å²) in [7, 11) is 0. The van der Waals surface area contributed by atoms with E-state index in [1.54, 1.807) is 45.0 Å². The Hall–Kier alpha value is -2.87. The molecule has 0 aliphatic carbocycles. The van der Waals surface area contributed by atoms with Gasteiger partial charge in [0, 0.05) is 15.9 Å². The van der Waals surface area contributed by atoms with Crippen molar-refractivity contribution in [1.82, 2.24) is 10.3 Å². The van der Waals surface area contributed by atoms with Gasteiger partial charge in [-0.2, -0.15) is 0 Å². The number of hydrogen-bond donors (Lipinski definition) is 2. The molecular weight excluding hydrogens is 386 g/mol. The van der Waals surface area contributed by atoms with Crippen LogP contribution in [0, 0.1) is 0 Å². The molecule has 0 saturated carbocycles. The number of carbonyl (C=O) groups excluding carboxylic acids is 3. The predicted molar refractivity (Wildman–Crippen MR) is 104 cm³/mol. The molecule has 9 heteroatoms. The van der Waals surface area contributed by atoms with Gasteiger partial charge in [0.25, 0.3) is 5.91 Å². The van der Waals surface area contributed by atoms with Crippen molar-refractivity contribution in [2.75, 3.05) is 6.61 Å². The molecule has 1 aliphatic rings. The van der Waals surface area contributed by atoms with E-state index in [2.05, 4.69) is 15.3 Å². The van der Waals surface area contributed by atoms with E-state index in [0.29, 0.717) is 5.02 Å². The van der Waals surface area contributed by atoms with Crippen LogP contribution in [0.5, 0.6) is 0 Å². The molecule has 1 aliphatic heterocycles. The molecule has 2 heterocycles. The Kier molecular flexibility index (Phi) is 5.42. The van der Waals surface area contributed by atoms with Gasteiger partial charge in [0.15, 0.2) is 0 Å². The summed E-state index contributed by atoms with van der Waals surface area (Å²) in [6.07, 6.45) is -0.881. The van der Waals surface area contributed by atoms with Crippen LogP contribution < -0.4 is 5.32 Å². The minimum absolute atomic E-state index is 0.119. The van der Waals surface area contributed by atoms with Gasteiger partial charge in [0.2, 0.25) is 0 Å². The molecule has 1 aromatic carbocycles. The number of aliphatic imine (C=N–C) groups is 1. The molecule has 2 amide bonds. The van der Waals surface area contributed by atoms with Crippen LogP contribution in [0.3, 0.4) is 0 Å². The molecule has 1 atom stereocenters. The highest BCUT2D eigenvalue weighted by atomic mass is 35.5. The number of hydrogen-bond acceptors (Lipinski definition) is 5. The van der Waals surface area contributed by atoms with Crippen molar-refractivity contribution < 1.29 is 23.9 Å². The van der Waals surface area contributed by atoms with Crippen LogP contribution in [0.15, 0.2) is 29.3 Å². The van der Waals surface area contributed by atoms with Gasteiger partial charge in [-0.1, -0.05) is 11.6 Å². The number of carbonyl (C=O) groups is 3. The second-order valence-electron chi connectivity index (χ2n) is 7.38. The highest BCUT2D eigenvalue weighted by Gasteiger charge is 2.30. The van der Waals surface area contributed by atoms with Crippen molar-refractivity contribution in [3.63, 3.8) is 0 Å². The zero-order valence-corrected chi connectivity index (χ0v) is 16.4. The number of H-pyrrole nitrogens is 1. The topological polar surface area (TPSA) is 110 Å². The molecule has 1 saturated heterocycles. The highest BCUT2D eigenvalue weighted by Crippen LogP contribution is 2.21. The van der Waals surface area contributed by atoms with Crippen molar-refractivity contribution in [3.8, 4) is 0 Å². The average Bonchev–Trinajstić information content (AvgIpc) is 2.99. The fourth-order valence-corrected chi connectivity index (χ4v) is 2.88. The Balaban J connectivity index is 1.81. The number of benzene rings is 1. The number of aromatic amines is 1. The molecule has 0 unspecified atom stereocenters. The maximum atomic E-state index is 12.6. The number of nitrogens with zero attached hydrogens (tertiary/aromatic N) is 1. The number of esters is 1. The second-order valence-corrected chi connectivity index (χ2v) is 7.82. The van der Waals surface area contributed by atoms with E-state index in [0.717, 1.165) is 10.9 Å². The SMILES string of the molecule is CC(C)(C)OC(=O)N[C@H]1COC(=O)CC1=NC(=O)c1cc2cc(Cl)ccc2[nH]1. The lowest BCUT2D eigenvalue weighted by molar-refractivity contribution is -0.143. The molecule has 1 fully saturated rings. The number of ether oxygens (including phenoxy) is 2. The fourth-order valence-electron chi connectivity index (χ4n) is 2.70. The summed E-state index contributed by atoms with van der Waals surface area (Å²) in [6, 6.07) is 6.08. The lowest BCUT2D eigenvalue weighted by Crippen LogP contribution is -2.49. The molecule has 148 valence electrons. The maximum Gasteiger partial charge on any atom is 0.408 e. The van der Waals surface area contributed by atoms with E-state index in [9.17, 15) is 14.4 Å². The molecule has 1 aromatic heterocycles. The van der Waals surface area contributed by atoms with Crippen LogP contribution in [0.4, 0.5) is 4.79 Å². The van der Waals surface area contributed by atoms with Gasteiger partial charge in [-0.3, -0.25) is 9.59 Å². The first-order chi connectivity index (χ1) is 13.1. The predicted octanol–water partition coefficient (Wildman–Crippen LogP) is 3.24. The summed E-state index contributed by atoms with van der Waals surface area (Å²) in [6.45, 7) is 5.07. The van der Waals surface area contributed by atoms with Gasteiger partial charge in [-0.05, 0) is 45.0 Å². The molecule has 0 bridgehead atoms. The van der Waals surface area contributed by atoms with E-state index in [-0.39, 0.29) is 24.4 Å². The minimum atomic E-state index is -0.740. The number of rotatable bonds is 2. The summed E-state index contributed by atoms with van der Waals surface area (Å²) >= 11 is 5.96. The van der Waals surface area contributed by atoms with Gasteiger partial charge in [0.1, 0.15) is 23.9 Å². The van der Waals surface area contributed by atoms with Crippen LogP contribution >= 0.6 is 11.6 Å². The van der Waals surface area contributed by atoms with Crippen molar-refractivity contribution in [3.05, 3.63) is 35.0 Å². The quantitative estimate of drug-likeness (QED) is 0.745. The van der Waals surface area contributed by atoms with Crippen LogP contribution in [-0.2, 0) is 14.3 Å². The van der Waals surface area contributed by atoms with Gasteiger partial charge in [-0.15, -0.1) is 0 Å². The summed E-state index contributed by atoms with van der Waals surface area (Å²) in [5.41, 5.74) is 0.511. The molecule has 0 radical (unpaired) electrons. The standard InChI is InChI=1S/C19H20ClN3O5/c1-19(2,3)28-18(26)23-15-9-27-16(24)8-13(15)22-17(25)14-7-10-6-11(20)4-5-12(10)21-14/h4-7,15,21H,8-9H2,1-3H3,(H,23,26)/t15-/m0/s1. The Labute approximate surface area is 166 Å². The number of halogens is 1. The smallest absolute Gasteiger partial charge is 0.408 e. The molecule has 3 rings (SSSR count). The molecule has 8 nitrogen and oxygen atoms in total. The Morgan fingerprint density at radius 1 is 1.32 bits per heavy atom. The number of fused-ring (bicyclic) bond motifs is 1. The maximum absolute atomic E-state index is 12.6. The van der Waals surface area contributed by atoms with Gasteiger partial charge in [-0.25, -0.2) is 9.79 Å².